The minimum Gasteiger partial charge on any atom is -0.493 e. The van der Waals surface area contributed by atoms with Crippen LogP contribution in [0.4, 0.5) is 0 Å². The molecule has 0 aliphatic carbocycles. The number of hydrogen-bond acceptors (Lipinski definition) is 7. The Hall–Kier alpha value is -3.52. The van der Waals surface area contributed by atoms with E-state index in [4.69, 9.17) is 9.47 Å². The highest BCUT2D eigenvalue weighted by Gasteiger charge is 2.12. The van der Waals surface area contributed by atoms with Crippen LogP contribution < -0.4 is 25.1 Å². The Kier molecular flexibility index (Phi) is 5.58. The predicted molar refractivity (Wildman–Crippen MR) is 116 cm³/mol. The minimum absolute atomic E-state index is 0.239. The normalized spacial score (nSPS) is 11.7. The topological polar surface area (TPSA) is 82.8 Å². The maximum atomic E-state index is 12.9. The van der Waals surface area contributed by atoms with Gasteiger partial charge in [-0.3, -0.25) is 9.59 Å². The molecule has 0 aliphatic rings. The molecule has 0 amide bonds. The molecule has 2 heterocycles. The zero-order valence-corrected chi connectivity index (χ0v) is 17.3. The zero-order valence-electron chi connectivity index (χ0n) is 16.5. The lowest BCUT2D eigenvalue weighted by molar-refractivity contribution is 0.311. The molecule has 0 unspecified atom stereocenters. The second kappa shape index (κ2) is 8.46. The van der Waals surface area contributed by atoms with E-state index in [1.165, 1.54) is 4.52 Å². The Bertz CT molecular complexity index is 1360. The average molecular weight is 421 g/mol. The molecule has 0 saturated heterocycles. The summed E-state index contributed by atoms with van der Waals surface area (Å²) in [6, 6.07) is 14.9. The van der Waals surface area contributed by atoms with Gasteiger partial charge in [0.15, 0.2) is 11.5 Å². The van der Waals surface area contributed by atoms with Gasteiger partial charge in [0.05, 0.1) is 18.2 Å². The summed E-state index contributed by atoms with van der Waals surface area (Å²) in [6.07, 6.45) is 2.04. The molecule has 0 spiro atoms. The van der Waals surface area contributed by atoms with Crippen molar-refractivity contribution in [3.8, 4) is 11.5 Å². The molecular formula is C22H19N3O4S. The van der Waals surface area contributed by atoms with E-state index in [0.717, 1.165) is 22.5 Å². The van der Waals surface area contributed by atoms with E-state index in [-0.39, 0.29) is 16.2 Å². The van der Waals surface area contributed by atoms with Crippen LogP contribution in [0, 0.1) is 0 Å². The Morgan fingerprint density at radius 3 is 2.63 bits per heavy atom. The third kappa shape index (κ3) is 3.95. The lowest BCUT2D eigenvalue weighted by atomic mass is 10.1. The van der Waals surface area contributed by atoms with E-state index in [1.807, 2.05) is 43.3 Å². The first-order valence-corrected chi connectivity index (χ1v) is 10.2. The number of hydrogen-bond donors (Lipinski definition) is 0. The van der Waals surface area contributed by atoms with Crippen molar-refractivity contribution in [3.05, 3.63) is 90.6 Å². The first-order chi connectivity index (χ1) is 14.6. The molecule has 8 heteroatoms. The van der Waals surface area contributed by atoms with Gasteiger partial charge in [-0.15, -0.1) is 0 Å². The van der Waals surface area contributed by atoms with Crippen LogP contribution in [0.15, 0.2) is 58.1 Å². The first-order valence-electron chi connectivity index (χ1n) is 9.38. The van der Waals surface area contributed by atoms with E-state index in [1.54, 1.807) is 25.3 Å². The number of ether oxygens (including phenoxy) is 2. The molecule has 7 nitrogen and oxygen atoms in total. The van der Waals surface area contributed by atoms with Gasteiger partial charge in [0.25, 0.3) is 11.1 Å². The number of nitrogens with zero attached hydrogens (tertiary/aromatic N) is 3. The minimum atomic E-state index is -0.422. The Morgan fingerprint density at radius 2 is 1.90 bits per heavy atom. The van der Waals surface area contributed by atoms with Gasteiger partial charge in [0.2, 0.25) is 4.96 Å². The van der Waals surface area contributed by atoms with Crippen molar-refractivity contribution in [2.45, 2.75) is 13.3 Å². The van der Waals surface area contributed by atoms with Gasteiger partial charge in [-0.05, 0) is 36.3 Å². The average Bonchev–Trinajstić information content (AvgIpc) is 3.04. The monoisotopic (exact) mass is 421 g/mol. The van der Waals surface area contributed by atoms with Crippen molar-refractivity contribution >= 4 is 22.4 Å². The molecule has 4 rings (SSSR count). The summed E-state index contributed by atoms with van der Waals surface area (Å²) in [4.78, 5) is 29.6. The number of aromatic nitrogens is 3. The zero-order chi connectivity index (χ0) is 21.1. The van der Waals surface area contributed by atoms with Gasteiger partial charge in [0.1, 0.15) is 5.69 Å². The standard InChI is InChI=1S/C22H19N3O4S/c1-3-29-17-10-9-15(12-18(17)28-2)13-19-21(27)25-22(30-19)23-20(26)16(24-25)11-14-7-5-4-6-8-14/h4-10,12-13H,3,11H2,1-2H3. The first kappa shape index (κ1) is 19.8. The molecule has 4 aromatic rings. The predicted octanol–water partition coefficient (Wildman–Crippen LogP) is 2.06. The smallest absolute Gasteiger partial charge is 0.296 e. The third-order valence-corrected chi connectivity index (χ3v) is 5.41. The van der Waals surface area contributed by atoms with Gasteiger partial charge in [-0.25, -0.2) is 0 Å². The number of benzene rings is 2. The maximum Gasteiger partial charge on any atom is 0.296 e. The summed E-state index contributed by atoms with van der Waals surface area (Å²) in [5, 5.41) is 4.28. The van der Waals surface area contributed by atoms with Crippen LogP contribution in [0.2, 0.25) is 0 Å². The molecular weight excluding hydrogens is 402 g/mol. The lowest BCUT2D eigenvalue weighted by Crippen LogP contribution is -2.28. The summed E-state index contributed by atoms with van der Waals surface area (Å²) in [5.74, 6) is 1.21. The van der Waals surface area contributed by atoms with Crippen LogP contribution in [-0.2, 0) is 6.42 Å². The van der Waals surface area contributed by atoms with Crippen molar-refractivity contribution in [1.29, 1.82) is 0 Å². The Balaban J connectivity index is 1.77. The summed E-state index contributed by atoms with van der Waals surface area (Å²) in [6.45, 7) is 2.42. The number of fused-ring (bicyclic) bond motifs is 1. The SMILES string of the molecule is CCOc1ccc(C=c2sc3nc(=O)c(Cc4ccccc4)nn3c2=O)cc1OC. The van der Waals surface area contributed by atoms with Gasteiger partial charge in [-0.1, -0.05) is 47.7 Å². The van der Waals surface area contributed by atoms with E-state index < -0.39 is 5.56 Å². The highest BCUT2D eigenvalue weighted by molar-refractivity contribution is 7.15. The van der Waals surface area contributed by atoms with Crippen LogP contribution in [0.3, 0.4) is 0 Å². The van der Waals surface area contributed by atoms with Crippen LogP contribution >= 0.6 is 11.3 Å². The highest BCUT2D eigenvalue weighted by Crippen LogP contribution is 2.28. The van der Waals surface area contributed by atoms with E-state index in [0.29, 0.717) is 29.1 Å². The number of rotatable bonds is 6. The summed E-state index contributed by atoms with van der Waals surface area (Å²) in [5.41, 5.74) is 1.20. The Morgan fingerprint density at radius 1 is 1.10 bits per heavy atom. The van der Waals surface area contributed by atoms with Crippen molar-refractivity contribution < 1.29 is 9.47 Å². The summed E-state index contributed by atoms with van der Waals surface area (Å²) < 4.78 is 12.5. The van der Waals surface area contributed by atoms with Gasteiger partial charge >= 0.3 is 0 Å². The largest absolute Gasteiger partial charge is 0.493 e. The van der Waals surface area contributed by atoms with Gasteiger partial charge in [0, 0.05) is 6.42 Å². The fourth-order valence-corrected chi connectivity index (χ4v) is 3.95. The molecule has 0 radical (unpaired) electrons. The molecule has 0 aliphatic heterocycles. The molecule has 30 heavy (non-hydrogen) atoms. The van der Waals surface area contributed by atoms with Crippen LogP contribution in [0.5, 0.6) is 11.5 Å². The molecule has 0 fully saturated rings. The van der Waals surface area contributed by atoms with Crippen molar-refractivity contribution in [2.24, 2.45) is 0 Å². The Labute approximate surface area is 175 Å². The van der Waals surface area contributed by atoms with Crippen molar-refractivity contribution in [3.63, 3.8) is 0 Å². The van der Waals surface area contributed by atoms with Crippen molar-refractivity contribution in [2.75, 3.05) is 13.7 Å². The molecule has 0 bridgehead atoms. The lowest BCUT2D eigenvalue weighted by Gasteiger charge is -2.09. The second-order valence-electron chi connectivity index (χ2n) is 6.48. The van der Waals surface area contributed by atoms with Crippen LogP contribution in [-0.4, -0.2) is 28.3 Å². The van der Waals surface area contributed by atoms with Gasteiger partial charge < -0.3 is 9.47 Å². The van der Waals surface area contributed by atoms with Gasteiger partial charge in [-0.2, -0.15) is 14.6 Å². The second-order valence-corrected chi connectivity index (χ2v) is 7.49. The molecule has 0 saturated carbocycles. The fraction of sp³-hybridized carbons (Fsp3) is 0.182. The molecule has 0 atom stereocenters. The van der Waals surface area contributed by atoms with Crippen LogP contribution in [0.1, 0.15) is 23.7 Å². The molecule has 152 valence electrons. The molecule has 2 aromatic heterocycles. The van der Waals surface area contributed by atoms with Crippen molar-refractivity contribution in [1.82, 2.24) is 14.6 Å². The summed E-state index contributed by atoms with van der Waals surface area (Å²) >= 11 is 1.13. The number of methoxy groups -OCH3 is 1. The third-order valence-electron chi connectivity index (χ3n) is 4.45. The van der Waals surface area contributed by atoms with Crippen LogP contribution in [0.25, 0.3) is 11.0 Å². The fourth-order valence-electron chi connectivity index (χ4n) is 3.04. The highest BCUT2D eigenvalue weighted by atomic mass is 32.1. The maximum absolute atomic E-state index is 12.9. The quantitative estimate of drug-likeness (QED) is 0.474. The van der Waals surface area contributed by atoms with E-state index in [9.17, 15) is 9.59 Å². The molecule has 2 aromatic carbocycles. The molecule has 0 N–H and O–H groups in total. The summed E-state index contributed by atoms with van der Waals surface area (Å²) in [7, 11) is 1.56. The number of thiazole rings is 1. The van der Waals surface area contributed by atoms with E-state index >= 15 is 0 Å². The van der Waals surface area contributed by atoms with E-state index in [2.05, 4.69) is 10.1 Å².